The van der Waals surface area contributed by atoms with Crippen molar-refractivity contribution in [3.8, 4) is 6.07 Å². The van der Waals surface area contributed by atoms with Gasteiger partial charge >= 0.3 is 0 Å². The quantitative estimate of drug-likeness (QED) is 0.488. The number of rotatable bonds is 5. The number of hydrogen-bond acceptors (Lipinski definition) is 1. The van der Waals surface area contributed by atoms with E-state index < -0.39 is 0 Å². The number of hydrogen-bond donors (Lipinski definition) is 0. The van der Waals surface area contributed by atoms with Gasteiger partial charge in [0.25, 0.3) is 0 Å². The zero-order valence-electron chi connectivity index (χ0n) is 9.71. The molecule has 0 aliphatic heterocycles. The molecule has 0 N–H and O–H groups in total. The first kappa shape index (κ1) is 10.7. The highest BCUT2D eigenvalue weighted by Gasteiger charge is 2.39. The number of allylic oxidation sites excluding steroid dienone is 2. The molecule has 2 bridgehead atoms. The maximum absolute atomic E-state index is 8.69. The van der Waals surface area contributed by atoms with E-state index in [1.165, 1.54) is 38.5 Å². The number of unbranched alkanes of at least 4 members (excludes halogenated alkanes) is 1. The third kappa shape index (κ3) is 2.43. The van der Waals surface area contributed by atoms with Gasteiger partial charge in [-0.15, -0.1) is 0 Å². The zero-order chi connectivity index (χ0) is 10.7. The predicted molar refractivity (Wildman–Crippen MR) is 62.2 cm³/mol. The van der Waals surface area contributed by atoms with Crippen molar-refractivity contribution in [1.29, 1.82) is 5.26 Å². The van der Waals surface area contributed by atoms with Gasteiger partial charge in [-0.1, -0.05) is 25.0 Å². The monoisotopic (exact) mass is 203 g/mol. The standard InChI is InChI=1S/C14H21N/c1-12(11-15)4-2-3-7-14-8-5-13(10-14)6-9-14/h5,8,12-13H,2-4,6-7,9-10H2,1H3. The van der Waals surface area contributed by atoms with Gasteiger partial charge in [-0.25, -0.2) is 0 Å². The molecule has 2 aliphatic rings. The Morgan fingerprint density at radius 2 is 2.40 bits per heavy atom. The molecule has 0 aromatic rings. The van der Waals surface area contributed by atoms with Crippen LogP contribution in [-0.4, -0.2) is 0 Å². The van der Waals surface area contributed by atoms with Crippen LogP contribution in [0.1, 0.15) is 51.9 Å². The van der Waals surface area contributed by atoms with Gasteiger partial charge in [0.2, 0.25) is 0 Å². The lowest BCUT2D eigenvalue weighted by molar-refractivity contribution is 0.348. The van der Waals surface area contributed by atoms with Crippen molar-refractivity contribution < 1.29 is 0 Å². The van der Waals surface area contributed by atoms with Gasteiger partial charge in [0, 0.05) is 5.92 Å². The minimum Gasteiger partial charge on any atom is -0.198 e. The molecule has 3 atom stereocenters. The van der Waals surface area contributed by atoms with E-state index in [4.69, 9.17) is 5.26 Å². The first-order chi connectivity index (χ1) is 7.24. The summed E-state index contributed by atoms with van der Waals surface area (Å²) >= 11 is 0. The van der Waals surface area contributed by atoms with Gasteiger partial charge < -0.3 is 0 Å². The Morgan fingerprint density at radius 1 is 1.53 bits per heavy atom. The molecular formula is C14H21N. The third-order valence-electron chi connectivity index (χ3n) is 4.19. The van der Waals surface area contributed by atoms with E-state index in [0.29, 0.717) is 5.41 Å². The van der Waals surface area contributed by atoms with Gasteiger partial charge in [-0.3, -0.25) is 0 Å². The number of nitrogens with zero attached hydrogens (tertiary/aromatic N) is 1. The summed E-state index contributed by atoms with van der Waals surface area (Å²) in [5.41, 5.74) is 0.584. The maximum atomic E-state index is 8.69. The van der Waals surface area contributed by atoms with E-state index in [1.54, 1.807) is 0 Å². The molecule has 0 amide bonds. The van der Waals surface area contributed by atoms with Crippen molar-refractivity contribution >= 4 is 0 Å². The molecule has 3 unspecified atom stereocenters. The summed E-state index contributed by atoms with van der Waals surface area (Å²) in [5, 5.41) is 8.69. The summed E-state index contributed by atoms with van der Waals surface area (Å²) in [5.74, 6) is 1.15. The van der Waals surface area contributed by atoms with Crippen LogP contribution in [0.4, 0.5) is 0 Å². The third-order valence-corrected chi connectivity index (χ3v) is 4.19. The Morgan fingerprint density at radius 3 is 2.93 bits per heavy atom. The van der Waals surface area contributed by atoms with Gasteiger partial charge in [-0.05, 0) is 50.4 Å². The summed E-state index contributed by atoms with van der Waals surface area (Å²) in [7, 11) is 0. The second-order valence-corrected chi connectivity index (χ2v) is 5.50. The van der Waals surface area contributed by atoms with Crippen molar-refractivity contribution in [2.45, 2.75) is 51.9 Å². The summed E-state index contributed by atoms with van der Waals surface area (Å²) in [4.78, 5) is 0. The van der Waals surface area contributed by atoms with Gasteiger partial charge in [0.05, 0.1) is 6.07 Å². The molecular weight excluding hydrogens is 182 g/mol. The van der Waals surface area contributed by atoms with Crippen LogP contribution < -0.4 is 0 Å². The lowest BCUT2D eigenvalue weighted by Gasteiger charge is -2.23. The van der Waals surface area contributed by atoms with Crippen LogP contribution in [0.3, 0.4) is 0 Å². The molecule has 0 aromatic heterocycles. The Balaban J connectivity index is 1.67. The van der Waals surface area contributed by atoms with Crippen LogP contribution in [0, 0.1) is 28.6 Å². The molecule has 0 spiro atoms. The van der Waals surface area contributed by atoms with Gasteiger partial charge in [0.15, 0.2) is 0 Å². The molecule has 0 saturated heterocycles. The van der Waals surface area contributed by atoms with E-state index in [9.17, 15) is 0 Å². The highest BCUT2D eigenvalue weighted by Crippen LogP contribution is 2.51. The van der Waals surface area contributed by atoms with E-state index in [-0.39, 0.29) is 5.92 Å². The number of nitriles is 1. The average Bonchev–Trinajstić information content (AvgIpc) is 2.84. The fourth-order valence-corrected chi connectivity index (χ4v) is 3.16. The molecule has 15 heavy (non-hydrogen) atoms. The van der Waals surface area contributed by atoms with Crippen LogP contribution in [0.25, 0.3) is 0 Å². The minimum absolute atomic E-state index is 0.248. The molecule has 1 fully saturated rings. The van der Waals surface area contributed by atoms with Crippen LogP contribution >= 0.6 is 0 Å². The molecule has 2 aliphatic carbocycles. The van der Waals surface area contributed by atoms with Crippen molar-refractivity contribution in [3.63, 3.8) is 0 Å². The van der Waals surface area contributed by atoms with Crippen LogP contribution in [-0.2, 0) is 0 Å². The Hall–Kier alpha value is -0.770. The molecule has 0 heterocycles. The predicted octanol–water partition coefficient (Wildman–Crippen LogP) is 4.06. The average molecular weight is 203 g/mol. The van der Waals surface area contributed by atoms with Crippen molar-refractivity contribution in [2.24, 2.45) is 17.3 Å². The Kier molecular flexibility index (Phi) is 3.14. The summed E-state index contributed by atoms with van der Waals surface area (Å²) in [6, 6.07) is 2.31. The normalized spacial score (nSPS) is 34.3. The van der Waals surface area contributed by atoms with Crippen LogP contribution in [0.5, 0.6) is 0 Å². The minimum atomic E-state index is 0.248. The van der Waals surface area contributed by atoms with E-state index in [2.05, 4.69) is 18.2 Å². The summed E-state index contributed by atoms with van der Waals surface area (Å²) < 4.78 is 0. The van der Waals surface area contributed by atoms with Crippen LogP contribution in [0.2, 0.25) is 0 Å². The van der Waals surface area contributed by atoms with E-state index in [0.717, 1.165) is 12.3 Å². The fraction of sp³-hybridized carbons (Fsp3) is 0.786. The van der Waals surface area contributed by atoms with Gasteiger partial charge in [0.1, 0.15) is 0 Å². The summed E-state index contributed by atoms with van der Waals surface area (Å²) in [6.07, 6.45) is 14.2. The lowest BCUT2D eigenvalue weighted by atomic mass is 9.82. The zero-order valence-corrected chi connectivity index (χ0v) is 9.71. The Labute approximate surface area is 93.2 Å². The lowest BCUT2D eigenvalue weighted by Crippen LogP contribution is -2.11. The molecule has 1 heteroatoms. The molecule has 1 saturated carbocycles. The van der Waals surface area contributed by atoms with Gasteiger partial charge in [-0.2, -0.15) is 5.26 Å². The smallest absolute Gasteiger partial charge is 0.0652 e. The highest BCUT2D eigenvalue weighted by atomic mass is 14.4. The topological polar surface area (TPSA) is 23.8 Å². The highest BCUT2D eigenvalue weighted by molar-refractivity contribution is 5.15. The molecule has 0 aromatic carbocycles. The largest absolute Gasteiger partial charge is 0.198 e. The fourth-order valence-electron chi connectivity index (χ4n) is 3.16. The van der Waals surface area contributed by atoms with Crippen LogP contribution in [0.15, 0.2) is 12.2 Å². The van der Waals surface area contributed by atoms with Crippen molar-refractivity contribution in [2.75, 3.05) is 0 Å². The van der Waals surface area contributed by atoms with E-state index in [1.807, 2.05) is 6.92 Å². The van der Waals surface area contributed by atoms with Crippen molar-refractivity contribution in [1.82, 2.24) is 0 Å². The second-order valence-electron chi connectivity index (χ2n) is 5.50. The van der Waals surface area contributed by atoms with Crippen molar-refractivity contribution in [3.05, 3.63) is 12.2 Å². The van der Waals surface area contributed by atoms with E-state index >= 15 is 0 Å². The molecule has 1 nitrogen and oxygen atoms in total. The second kappa shape index (κ2) is 4.39. The number of fused-ring (bicyclic) bond motifs is 2. The Bertz CT molecular complexity index is 286. The first-order valence-corrected chi connectivity index (χ1v) is 6.33. The molecule has 82 valence electrons. The molecule has 2 rings (SSSR count). The SMILES string of the molecule is CC(C#N)CCCCC12C=CC(CC1)C2. The summed E-state index contributed by atoms with van der Waals surface area (Å²) in [6.45, 7) is 2.03. The first-order valence-electron chi connectivity index (χ1n) is 6.33. The molecule has 0 radical (unpaired) electrons. The maximum Gasteiger partial charge on any atom is 0.0652 e.